The van der Waals surface area contributed by atoms with E-state index in [1.165, 1.54) is 6.07 Å². The van der Waals surface area contributed by atoms with Crippen molar-refractivity contribution in [2.75, 3.05) is 6.26 Å². The third-order valence-corrected chi connectivity index (χ3v) is 2.48. The van der Waals surface area contributed by atoms with Crippen molar-refractivity contribution in [2.45, 2.75) is 13.3 Å². The van der Waals surface area contributed by atoms with Crippen molar-refractivity contribution in [3.8, 4) is 0 Å². The summed E-state index contributed by atoms with van der Waals surface area (Å²) in [5.74, 6) is -1.42. The van der Waals surface area contributed by atoms with Crippen molar-refractivity contribution in [1.82, 2.24) is 0 Å². The molecule has 0 fully saturated rings. The molecule has 0 radical (unpaired) electrons. The van der Waals surface area contributed by atoms with Gasteiger partial charge in [-0.2, -0.15) is 0 Å². The molecule has 4 heteroatoms. The lowest BCUT2D eigenvalue weighted by atomic mass is 10.1. The first-order chi connectivity index (χ1) is 6.60. The van der Waals surface area contributed by atoms with Gasteiger partial charge in [0.2, 0.25) is 5.12 Å². The van der Waals surface area contributed by atoms with E-state index >= 15 is 0 Å². The molecule has 0 heterocycles. The summed E-state index contributed by atoms with van der Waals surface area (Å²) in [6.07, 6.45) is 2.01. The molecule has 0 aliphatic rings. The van der Waals surface area contributed by atoms with Crippen molar-refractivity contribution in [1.29, 1.82) is 0 Å². The number of hydrogen-bond donors (Lipinski definition) is 0. The Morgan fingerprint density at radius 1 is 1.43 bits per heavy atom. The SMILES string of the molecule is CCc1cc(F)cc(F)c1C(=O)SC. The van der Waals surface area contributed by atoms with Gasteiger partial charge in [0, 0.05) is 6.07 Å². The number of rotatable bonds is 2. The third-order valence-electron chi connectivity index (χ3n) is 1.91. The van der Waals surface area contributed by atoms with E-state index < -0.39 is 11.6 Å². The maximum Gasteiger partial charge on any atom is 0.222 e. The highest BCUT2D eigenvalue weighted by atomic mass is 32.2. The van der Waals surface area contributed by atoms with Gasteiger partial charge in [-0.05, 0) is 24.3 Å². The minimum Gasteiger partial charge on any atom is -0.281 e. The summed E-state index contributed by atoms with van der Waals surface area (Å²) in [7, 11) is 0. The smallest absolute Gasteiger partial charge is 0.222 e. The first-order valence-corrected chi connectivity index (χ1v) is 5.38. The molecule has 0 atom stereocenters. The first kappa shape index (κ1) is 11.2. The van der Waals surface area contributed by atoms with Crippen LogP contribution in [0, 0.1) is 11.6 Å². The van der Waals surface area contributed by atoms with Crippen LogP contribution in [0.4, 0.5) is 8.78 Å². The van der Waals surface area contributed by atoms with Gasteiger partial charge >= 0.3 is 0 Å². The summed E-state index contributed by atoms with van der Waals surface area (Å²) in [6.45, 7) is 1.76. The fourth-order valence-corrected chi connectivity index (χ4v) is 1.67. The second-order valence-electron chi connectivity index (χ2n) is 2.77. The lowest BCUT2D eigenvalue weighted by Gasteiger charge is -2.06. The van der Waals surface area contributed by atoms with Gasteiger partial charge in [-0.25, -0.2) is 8.78 Å². The largest absolute Gasteiger partial charge is 0.281 e. The highest BCUT2D eigenvalue weighted by Crippen LogP contribution is 2.20. The Morgan fingerprint density at radius 3 is 2.57 bits per heavy atom. The predicted molar refractivity (Wildman–Crippen MR) is 53.6 cm³/mol. The van der Waals surface area contributed by atoms with Gasteiger partial charge in [0.25, 0.3) is 0 Å². The van der Waals surface area contributed by atoms with E-state index in [0.717, 1.165) is 17.8 Å². The Bertz CT molecular complexity index is 363. The molecule has 0 unspecified atom stereocenters. The van der Waals surface area contributed by atoms with Gasteiger partial charge in [0.15, 0.2) is 0 Å². The predicted octanol–water partition coefficient (Wildman–Crippen LogP) is 3.03. The second-order valence-corrected chi connectivity index (χ2v) is 3.55. The molecule has 0 aromatic heterocycles. The standard InChI is InChI=1S/C10H10F2OS/c1-3-6-4-7(11)5-8(12)9(6)10(13)14-2/h4-5H,3H2,1-2H3. The van der Waals surface area contributed by atoms with Gasteiger partial charge in [0.1, 0.15) is 11.6 Å². The molecule has 0 saturated carbocycles. The van der Waals surface area contributed by atoms with Crippen molar-refractivity contribution in [3.05, 3.63) is 34.9 Å². The fourth-order valence-electron chi connectivity index (χ4n) is 1.24. The highest BCUT2D eigenvalue weighted by Gasteiger charge is 2.16. The van der Waals surface area contributed by atoms with Crippen LogP contribution in [0.5, 0.6) is 0 Å². The van der Waals surface area contributed by atoms with E-state index in [4.69, 9.17) is 0 Å². The summed E-state index contributed by atoms with van der Waals surface area (Å²) >= 11 is 0.926. The number of carbonyl (C=O) groups is 1. The van der Waals surface area contributed by atoms with Crippen LogP contribution in [0.3, 0.4) is 0 Å². The topological polar surface area (TPSA) is 17.1 Å². The number of halogens is 2. The van der Waals surface area contributed by atoms with Crippen LogP contribution in [0.2, 0.25) is 0 Å². The zero-order valence-corrected chi connectivity index (χ0v) is 8.75. The summed E-state index contributed by atoms with van der Waals surface area (Å²) in [5.41, 5.74) is 0.420. The van der Waals surface area contributed by atoms with Gasteiger partial charge in [-0.1, -0.05) is 18.7 Å². The monoisotopic (exact) mass is 216 g/mol. The first-order valence-electron chi connectivity index (χ1n) is 4.16. The molecular weight excluding hydrogens is 206 g/mol. The molecular formula is C10H10F2OS. The molecule has 1 aromatic rings. The van der Waals surface area contributed by atoms with Gasteiger partial charge in [0.05, 0.1) is 5.56 Å². The molecule has 0 saturated heterocycles. The maximum atomic E-state index is 13.3. The number of carbonyl (C=O) groups excluding carboxylic acids is 1. The lowest BCUT2D eigenvalue weighted by Crippen LogP contribution is -2.04. The molecule has 1 aromatic carbocycles. The Balaban J connectivity index is 3.32. The average molecular weight is 216 g/mol. The Morgan fingerprint density at radius 2 is 2.07 bits per heavy atom. The summed E-state index contributed by atoms with van der Waals surface area (Å²) in [5, 5.41) is -0.362. The highest BCUT2D eigenvalue weighted by molar-refractivity contribution is 8.13. The number of hydrogen-bond acceptors (Lipinski definition) is 2. The van der Waals surface area contributed by atoms with Gasteiger partial charge in [-0.3, -0.25) is 4.79 Å². The molecule has 0 bridgehead atoms. The Labute approximate surface area is 85.5 Å². The lowest BCUT2D eigenvalue weighted by molar-refractivity contribution is 0.108. The summed E-state index contributed by atoms with van der Waals surface area (Å²) in [4.78, 5) is 11.3. The van der Waals surface area contributed by atoms with E-state index in [1.54, 1.807) is 13.2 Å². The van der Waals surface area contributed by atoms with Gasteiger partial charge in [-0.15, -0.1) is 0 Å². The zero-order chi connectivity index (χ0) is 10.7. The maximum absolute atomic E-state index is 13.3. The van der Waals surface area contributed by atoms with Crippen LogP contribution >= 0.6 is 11.8 Å². The van der Waals surface area contributed by atoms with Crippen molar-refractivity contribution in [3.63, 3.8) is 0 Å². The quantitative estimate of drug-likeness (QED) is 0.755. The van der Waals surface area contributed by atoms with Gasteiger partial charge < -0.3 is 0 Å². The minimum atomic E-state index is -0.777. The fraction of sp³-hybridized carbons (Fsp3) is 0.300. The zero-order valence-electron chi connectivity index (χ0n) is 7.93. The molecule has 0 spiro atoms. The van der Waals surface area contributed by atoms with E-state index in [-0.39, 0.29) is 10.7 Å². The minimum absolute atomic E-state index is 0.00130. The normalized spacial score (nSPS) is 10.3. The van der Waals surface area contributed by atoms with E-state index in [0.29, 0.717) is 12.0 Å². The Hall–Kier alpha value is -0.900. The van der Waals surface area contributed by atoms with Crippen molar-refractivity contribution >= 4 is 16.9 Å². The molecule has 0 aliphatic carbocycles. The molecule has 0 amide bonds. The number of aryl methyl sites for hydroxylation is 1. The van der Waals surface area contributed by atoms with Crippen LogP contribution in [0.15, 0.2) is 12.1 Å². The molecule has 1 nitrogen and oxygen atoms in total. The molecule has 14 heavy (non-hydrogen) atoms. The van der Waals surface area contributed by atoms with Crippen LogP contribution in [0.25, 0.3) is 0 Å². The number of benzene rings is 1. The molecule has 0 aliphatic heterocycles. The summed E-state index contributed by atoms with van der Waals surface area (Å²) < 4.78 is 26.1. The van der Waals surface area contributed by atoms with Crippen molar-refractivity contribution < 1.29 is 13.6 Å². The van der Waals surface area contributed by atoms with Crippen LogP contribution in [-0.2, 0) is 6.42 Å². The van der Waals surface area contributed by atoms with Crippen molar-refractivity contribution in [2.24, 2.45) is 0 Å². The number of thioether (sulfide) groups is 1. The summed E-state index contributed by atoms with van der Waals surface area (Å²) in [6, 6.07) is 1.94. The molecule has 0 N–H and O–H groups in total. The van der Waals surface area contributed by atoms with Crippen LogP contribution in [-0.4, -0.2) is 11.4 Å². The third kappa shape index (κ3) is 2.12. The van der Waals surface area contributed by atoms with Crippen LogP contribution < -0.4 is 0 Å². The molecule has 76 valence electrons. The second kappa shape index (κ2) is 4.55. The Kier molecular flexibility index (Phi) is 3.63. The van der Waals surface area contributed by atoms with E-state index in [9.17, 15) is 13.6 Å². The molecule has 1 rings (SSSR count). The van der Waals surface area contributed by atoms with E-state index in [1.807, 2.05) is 0 Å². The van der Waals surface area contributed by atoms with E-state index in [2.05, 4.69) is 0 Å². The van der Waals surface area contributed by atoms with Crippen LogP contribution in [0.1, 0.15) is 22.8 Å². The average Bonchev–Trinajstić information content (AvgIpc) is 2.15.